The molecule has 0 radical (unpaired) electrons. The zero-order valence-electron chi connectivity index (χ0n) is 17.1. The van der Waals surface area contributed by atoms with Gasteiger partial charge in [-0.25, -0.2) is 0 Å². The van der Waals surface area contributed by atoms with Gasteiger partial charge in [-0.3, -0.25) is 24.6 Å². The van der Waals surface area contributed by atoms with Gasteiger partial charge in [-0.15, -0.1) is 11.3 Å². The van der Waals surface area contributed by atoms with Crippen molar-refractivity contribution in [2.24, 2.45) is 0 Å². The Morgan fingerprint density at radius 2 is 1.91 bits per heavy atom. The highest BCUT2D eigenvalue weighted by Crippen LogP contribution is 2.45. The first-order chi connectivity index (χ1) is 15.3. The van der Waals surface area contributed by atoms with Crippen LogP contribution in [0.4, 0.5) is 11.4 Å². The fourth-order valence-corrected chi connectivity index (χ4v) is 4.72. The van der Waals surface area contributed by atoms with Gasteiger partial charge in [0.2, 0.25) is 0 Å². The van der Waals surface area contributed by atoms with E-state index in [1.807, 2.05) is 18.4 Å². The number of thiophene rings is 1. The molecule has 2 heterocycles. The van der Waals surface area contributed by atoms with Crippen LogP contribution in [0.2, 0.25) is 0 Å². The number of aliphatic hydroxyl groups is 1. The first kappa shape index (κ1) is 21.3. The number of hydrogen-bond acceptors (Lipinski definition) is 7. The van der Waals surface area contributed by atoms with Crippen LogP contribution in [0.15, 0.2) is 65.6 Å². The fraction of sp³-hybridized carbons (Fsp3) is 0.130. The van der Waals surface area contributed by atoms with E-state index in [0.717, 1.165) is 5.56 Å². The lowest BCUT2D eigenvalue weighted by Crippen LogP contribution is -2.29. The molecule has 4 rings (SSSR count). The number of ketones is 1. The molecule has 9 heteroatoms. The van der Waals surface area contributed by atoms with Crippen molar-refractivity contribution in [2.45, 2.75) is 13.0 Å². The lowest BCUT2D eigenvalue weighted by atomic mass is 9.98. The summed E-state index contributed by atoms with van der Waals surface area (Å²) in [6.45, 7) is 1.85. The van der Waals surface area contributed by atoms with E-state index in [1.54, 1.807) is 24.3 Å². The lowest BCUT2D eigenvalue weighted by Gasteiger charge is -2.25. The van der Waals surface area contributed by atoms with E-state index >= 15 is 0 Å². The number of aryl methyl sites for hydroxylation is 1. The van der Waals surface area contributed by atoms with Crippen LogP contribution < -0.4 is 9.64 Å². The van der Waals surface area contributed by atoms with Gasteiger partial charge in [0.25, 0.3) is 17.4 Å². The smallest absolute Gasteiger partial charge is 0.300 e. The number of ether oxygens (including phenoxy) is 1. The van der Waals surface area contributed by atoms with Crippen molar-refractivity contribution in [3.63, 3.8) is 0 Å². The molecular formula is C23H18N2O6S. The van der Waals surface area contributed by atoms with Crippen LogP contribution in [0, 0.1) is 17.0 Å². The van der Waals surface area contributed by atoms with Gasteiger partial charge in [-0.2, -0.15) is 0 Å². The molecule has 1 aliphatic heterocycles. The first-order valence-electron chi connectivity index (χ1n) is 9.57. The average molecular weight is 450 g/mol. The largest absolute Gasteiger partial charge is 0.507 e. The van der Waals surface area contributed by atoms with Gasteiger partial charge in [0.1, 0.15) is 17.6 Å². The van der Waals surface area contributed by atoms with Crippen LogP contribution in [0.5, 0.6) is 5.75 Å². The van der Waals surface area contributed by atoms with Crippen molar-refractivity contribution in [1.29, 1.82) is 0 Å². The van der Waals surface area contributed by atoms with Crippen molar-refractivity contribution in [3.8, 4) is 5.75 Å². The maximum Gasteiger partial charge on any atom is 0.300 e. The van der Waals surface area contributed by atoms with Crippen LogP contribution >= 0.6 is 11.3 Å². The number of anilines is 1. The molecule has 1 atom stereocenters. The molecule has 1 aliphatic rings. The molecule has 1 saturated heterocycles. The van der Waals surface area contributed by atoms with Gasteiger partial charge in [0, 0.05) is 34.3 Å². The number of carbonyl (C=O) groups excluding carboxylic acids is 2. The van der Waals surface area contributed by atoms with Crippen LogP contribution in [0.1, 0.15) is 22.0 Å². The number of rotatable bonds is 5. The summed E-state index contributed by atoms with van der Waals surface area (Å²) in [6.07, 6.45) is 0. The zero-order chi connectivity index (χ0) is 23.0. The third-order valence-corrected chi connectivity index (χ3v) is 6.33. The molecule has 0 bridgehead atoms. The summed E-state index contributed by atoms with van der Waals surface area (Å²) in [5, 5.41) is 24.1. The van der Waals surface area contributed by atoms with Crippen molar-refractivity contribution >= 4 is 40.2 Å². The molecule has 0 spiro atoms. The maximum atomic E-state index is 13.1. The van der Waals surface area contributed by atoms with Gasteiger partial charge in [0.15, 0.2) is 0 Å². The number of non-ortho nitro benzene ring substituents is 1. The van der Waals surface area contributed by atoms with Crippen molar-refractivity contribution < 1.29 is 24.4 Å². The molecule has 1 amide bonds. The monoisotopic (exact) mass is 450 g/mol. The van der Waals surface area contributed by atoms with E-state index in [0.29, 0.717) is 16.3 Å². The second kappa shape index (κ2) is 8.27. The minimum absolute atomic E-state index is 0.0852. The maximum absolute atomic E-state index is 13.1. The Morgan fingerprint density at radius 3 is 2.56 bits per heavy atom. The molecule has 0 aliphatic carbocycles. The molecule has 3 aromatic rings. The van der Waals surface area contributed by atoms with Crippen LogP contribution in [0.25, 0.3) is 5.76 Å². The standard InChI is InChI=1S/C23H18N2O6S/c1-13-9-10-32-22(13)19-18(20(26)14-5-3-7-16(11-14)25(29)30)21(27)23(28)24(19)15-6-4-8-17(12-15)31-2/h3-12,19,26H,1-2H3/b20-18-. The van der Waals surface area contributed by atoms with Crippen molar-refractivity contribution in [1.82, 2.24) is 0 Å². The highest BCUT2D eigenvalue weighted by Gasteiger charge is 2.48. The number of methoxy groups -OCH3 is 1. The van der Waals surface area contributed by atoms with Gasteiger partial charge in [0.05, 0.1) is 17.6 Å². The normalized spacial score (nSPS) is 17.6. The van der Waals surface area contributed by atoms with Crippen LogP contribution in [-0.2, 0) is 9.59 Å². The van der Waals surface area contributed by atoms with E-state index < -0.39 is 28.4 Å². The average Bonchev–Trinajstić information content (AvgIpc) is 3.33. The van der Waals surface area contributed by atoms with E-state index in [2.05, 4.69) is 0 Å². The lowest BCUT2D eigenvalue weighted by molar-refractivity contribution is -0.384. The summed E-state index contributed by atoms with van der Waals surface area (Å²) in [7, 11) is 1.50. The van der Waals surface area contributed by atoms with Crippen molar-refractivity contribution in [3.05, 3.63) is 91.7 Å². The Bertz CT molecular complexity index is 1280. The Kier molecular flexibility index (Phi) is 5.50. The SMILES string of the molecule is COc1cccc(N2C(=O)C(=O)/C(=C(\O)c3cccc([N+](=O)[O-])c3)C2c2sccc2C)c1. The predicted octanol–water partition coefficient (Wildman–Crippen LogP) is 4.60. The summed E-state index contributed by atoms with van der Waals surface area (Å²) in [5.74, 6) is -1.63. The van der Waals surface area contributed by atoms with E-state index in [9.17, 15) is 24.8 Å². The fourth-order valence-electron chi connectivity index (χ4n) is 3.69. The summed E-state index contributed by atoms with van der Waals surface area (Å²) < 4.78 is 5.26. The Labute approximate surface area is 187 Å². The van der Waals surface area contributed by atoms with Gasteiger partial charge >= 0.3 is 0 Å². The number of hydrogen-bond donors (Lipinski definition) is 1. The minimum atomic E-state index is -0.888. The van der Waals surface area contributed by atoms with Crippen LogP contribution in [0.3, 0.4) is 0 Å². The third kappa shape index (κ3) is 3.52. The molecule has 1 aromatic heterocycles. The number of amides is 1. The summed E-state index contributed by atoms with van der Waals surface area (Å²) in [4.78, 5) is 38.9. The molecule has 162 valence electrons. The molecule has 8 nitrogen and oxygen atoms in total. The molecule has 1 unspecified atom stereocenters. The number of nitro groups is 1. The van der Waals surface area contributed by atoms with E-state index in [1.165, 1.54) is 47.6 Å². The van der Waals surface area contributed by atoms with E-state index in [-0.39, 0.29) is 16.8 Å². The highest BCUT2D eigenvalue weighted by atomic mass is 32.1. The van der Waals surface area contributed by atoms with Gasteiger partial charge in [-0.05, 0) is 36.1 Å². The predicted molar refractivity (Wildman–Crippen MR) is 120 cm³/mol. The number of nitrogens with zero attached hydrogens (tertiary/aromatic N) is 2. The zero-order valence-corrected chi connectivity index (χ0v) is 18.0. The molecule has 1 fully saturated rings. The second-order valence-electron chi connectivity index (χ2n) is 7.15. The molecule has 1 N–H and O–H groups in total. The summed E-state index contributed by atoms with van der Waals surface area (Å²) in [5.41, 5.74) is 1.01. The van der Waals surface area contributed by atoms with Crippen molar-refractivity contribution in [2.75, 3.05) is 12.0 Å². The third-order valence-electron chi connectivity index (χ3n) is 5.26. The Hall–Kier alpha value is -3.98. The second-order valence-corrected chi connectivity index (χ2v) is 8.09. The number of aliphatic hydroxyl groups excluding tert-OH is 1. The first-order valence-corrected chi connectivity index (χ1v) is 10.4. The topological polar surface area (TPSA) is 110 Å². The van der Waals surface area contributed by atoms with E-state index in [4.69, 9.17) is 4.74 Å². The molecular weight excluding hydrogens is 432 g/mol. The minimum Gasteiger partial charge on any atom is -0.507 e. The number of benzene rings is 2. The number of Topliss-reactive ketones (excluding diaryl/α,β-unsaturated/α-hetero) is 1. The number of nitro benzene ring substituents is 1. The quantitative estimate of drug-likeness (QED) is 0.200. The van der Waals surface area contributed by atoms with Gasteiger partial charge in [-0.1, -0.05) is 18.2 Å². The van der Waals surface area contributed by atoms with Crippen LogP contribution in [-0.4, -0.2) is 28.8 Å². The molecule has 0 saturated carbocycles. The Balaban J connectivity index is 1.95. The van der Waals surface area contributed by atoms with Gasteiger partial charge < -0.3 is 9.84 Å². The summed E-state index contributed by atoms with van der Waals surface area (Å²) in [6, 6.07) is 13.0. The number of carbonyl (C=O) groups is 2. The summed E-state index contributed by atoms with van der Waals surface area (Å²) >= 11 is 1.35. The highest BCUT2D eigenvalue weighted by molar-refractivity contribution is 7.10. The Morgan fingerprint density at radius 1 is 1.16 bits per heavy atom. The molecule has 2 aromatic carbocycles. The molecule has 32 heavy (non-hydrogen) atoms.